The van der Waals surface area contributed by atoms with Gasteiger partial charge in [0.05, 0.1) is 18.5 Å². The van der Waals surface area contributed by atoms with Gasteiger partial charge >= 0.3 is 5.97 Å². The Hall–Kier alpha value is -2.60. The predicted octanol–water partition coefficient (Wildman–Crippen LogP) is 4.46. The normalized spacial score (nSPS) is 25.9. The van der Waals surface area contributed by atoms with Crippen molar-refractivity contribution >= 4 is 34.4 Å². The second-order valence-electron chi connectivity index (χ2n) is 7.99. The number of carbonyl (C=O) groups is 1. The van der Waals surface area contributed by atoms with Crippen LogP contribution in [-0.2, 0) is 9.53 Å². The zero-order valence-electron chi connectivity index (χ0n) is 16.2. The standard InChI is InChI=1S/C22H23ClN4O2/c1-29-21(28)17-13-7-9-14(10-8-13)18(17)25-20-19-16(24-22(23)26-20)11-12-27(19)15-5-3-2-4-6-15/h2-6,11-14,17-18H,7-10H2,1H3,(H,24,25,26). The third-order valence-electron chi connectivity index (χ3n) is 6.54. The van der Waals surface area contributed by atoms with Crippen molar-refractivity contribution in [2.24, 2.45) is 17.8 Å². The fourth-order valence-electron chi connectivity index (χ4n) is 5.21. The van der Waals surface area contributed by atoms with Gasteiger partial charge in [-0.3, -0.25) is 4.79 Å². The van der Waals surface area contributed by atoms with Crippen molar-refractivity contribution in [3.63, 3.8) is 0 Å². The predicted molar refractivity (Wildman–Crippen MR) is 112 cm³/mol. The van der Waals surface area contributed by atoms with Crippen molar-refractivity contribution in [1.29, 1.82) is 0 Å². The molecule has 29 heavy (non-hydrogen) atoms. The first-order valence-corrected chi connectivity index (χ1v) is 10.5. The molecule has 2 heterocycles. The van der Waals surface area contributed by atoms with E-state index in [9.17, 15) is 4.79 Å². The average Bonchev–Trinajstić information content (AvgIpc) is 3.18. The zero-order chi connectivity index (χ0) is 20.0. The third-order valence-corrected chi connectivity index (χ3v) is 6.71. The molecule has 3 aliphatic rings. The minimum atomic E-state index is -0.156. The summed E-state index contributed by atoms with van der Waals surface area (Å²) in [6, 6.07) is 12.0. The first-order chi connectivity index (χ1) is 14.2. The molecule has 7 heteroatoms. The second kappa shape index (κ2) is 7.34. The lowest BCUT2D eigenvalue weighted by molar-refractivity contribution is -0.152. The number of methoxy groups -OCH3 is 1. The van der Waals surface area contributed by atoms with E-state index in [4.69, 9.17) is 16.3 Å². The molecular weight excluding hydrogens is 388 g/mol. The Bertz CT molecular complexity index is 1040. The molecule has 1 aromatic carbocycles. The number of para-hydroxylation sites is 1. The third kappa shape index (κ3) is 3.15. The molecule has 3 fully saturated rings. The summed E-state index contributed by atoms with van der Waals surface area (Å²) in [5.74, 6) is 1.16. The number of carbonyl (C=O) groups excluding carboxylic acids is 1. The van der Waals surface area contributed by atoms with Crippen LogP contribution >= 0.6 is 11.6 Å². The number of hydrogen-bond acceptors (Lipinski definition) is 5. The van der Waals surface area contributed by atoms with Crippen molar-refractivity contribution in [2.75, 3.05) is 12.4 Å². The molecule has 0 aliphatic heterocycles. The van der Waals surface area contributed by atoms with Crippen LogP contribution in [0.1, 0.15) is 25.7 Å². The lowest BCUT2D eigenvalue weighted by Gasteiger charge is -2.47. The molecular formula is C22H23ClN4O2. The van der Waals surface area contributed by atoms with Gasteiger partial charge in [0.1, 0.15) is 5.52 Å². The number of esters is 1. The molecule has 0 spiro atoms. The maximum absolute atomic E-state index is 12.6. The molecule has 6 rings (SSSR count). The zero-order valence-corrected chi connectivity index (χ0v) is 17.0. The van der Waals surface area contributed by atoms with E-state index in [0.29, 0.717) is 17.7 Å². The highest BCUT2D eigenvalue weighted by atomic mass is 35.5. The number of ether oxygens (including phenoxy) is 1. The van der Waals surface area contributed by atoms with E-state index in [-0.39, 0.29) is 23.2 Å². The van der Waals surface area contributed by atoms with Gasteiger partial charge in [0.15, 0.2) is 5.82 Å². The fourth-order valence-corrected chi connectivity index (χ4v) is 5.39. The number of hydrogen-bond donors (Lipinski definition) is 1. The van der Waals surface area contributed by atoms with Gasteiger partial charge in [-0.15, -0.1) is 0 Å². The van der Waals surface area contributed by atoms with E-state index >= 15 is 0 Å². The van der Waals surface area contributed by atoms with Gasteiger partial charge in [0.25, 0.3) is 0 Å². The number of halogens is 1. The minimum Gasteiger partial charge on any atom is -0.469 e. The Morgan fingerprint density at radius 1 is 1.10 bits per heavy atom. The molecule has 3 saturated carbocycles. The molecule has 3 aliphatic carbocycles. The van der Waals surface area contributed by atoms with E-state index in [1.54, 1.807) is 0 Å². The Morgan fingerprint density at radius 3 is 2.55 bits per heavy atom. The number of rotatable bonds is 4. The fraction of sp³-hybridized carbons (Fsp3) is 0.409. The smallest absolute Gasteiger partial charge is 0.311 e. The van der Waals surface area contributed by atoms with Crippen LogP contribution in [-0.4, -0.2) is 33.7 Å². The van der Waals surface area contributed by atoms with Crippen molar-refractivity contribution in [3.8, 4) is 5.69 Å². The maximum atomic E-state index is 12.6. The van der Waals surface area contributed by atoms with Crippen LogP contribution in [0.2, 0.25) is 5.28 Å². The summed E-state index contributed by atoms with van der Waals surface area (Å²) >= 11 is 6.24. The summed E-state index contributed by atoms with van der Waals surface area (Å²) in [4.78, 5) is 21.5. The van der Waals surface area contributed by atoms with Gasteiger partial charge in [-0.25, -0.2) is 4.98 Å². The van der Waals surface area contributed by atoms with Crippen molar-refractivity contribution in [3.05, 3.63) is 47.9 Å². The number of fused-ring (bicyclic) bond motifs is 4. The Kier molecular flexibility index (Phi) is 4.66. The van der Waals surface area contributed by atoms with Crippen molar-refractivity contribution < 1.29 is 9.53 Å². The van der Waals surface area contributed by atoms with E-state index in [1.807, 2.05) is 42.6 Å². The number of anilines is 1. The number of nitrogens with zero attached hydrogens (tertiary/aromatic N) is 3. The summed E-state index contributed by atoms with van der Waals surface area (Å²) in [5.41, 5.74) is 2.66. The number of benzene rings is 1. The van der Waals surface area contributed by atoms with Crippen LogP contribution in [0.5, 0.6) is 0 Å². The molecule has 2 bridgehead atoms. The second-order valence-corrected chi connectivity index (χ2v) is 8.33. The minimum absolute atomic E-state index is 0.0109. The van der Waals surface area contributed by atoms with Crippen LogP contribution in [0.3, 0.4) is 0 Å². The van der Waals surface area contributed by atoms with Crippen molar-refractivity contribution in [2.45, 2.75) is 31.7 Å². The van der Waals surface area contributed by atoms with Crippen LogP contribution < -0.4 is 5.32 Å². The molecule has 6 nitrogen and oxygen atoms in total. The van der Waals surface area contributed by atoms with Gasteiger partial charge in [-0.1, -0.05) is 18.2 Å². The van der Waals surface area contributed by atoms with Gasteiger partial charge < -0.3 is 14.6 Å². The Morgan fingerprint density at radius 2 is 1.83 bits per heavy atom. The molecule has 2 atom stereocenters. The first kappa shape index (κ1) is 18.4. The van der Waals surface area contributed by atoms with Crippen LogP contribution in [0, 0.1) is 17.8 Å². The van der Waals surface area contributed by atoms with Crippen LogP contribution in [0.15, 0.2) is 42.6 Å². The molecule has 0 amide bonds. The molecule has 2 unspecified atom stereocenters. The highest BCUT2D eigenvalue weighted by Gasteiger charge is 2.48. The maximum Gasteiger partial charge on any atom is 0.311 e. The van der Waals surface area contributed by atoms with Crippen LogP contribution in [0.4, 0.5) is 5.82 Å². The monoisotopic (exact) mass is 410 g/mol. The molecule has 0 saturated heterocycles. The Labute approximate surface area is 174 Å². The molecule has 2 aromatic heterocycles. The largest absolute Gasteiger partial charge is 0.469 e. The summed E-state index contributed by atoms with van der Waals surface area (Å²) in [6.07, 6.45) is 6.39. The number of nitrogens with one attached hydrogen (secondary N) is 1. The first-order valence-electron chi connectivity index (χ1n) is 10.1. The lowest BCUT2D eigenvalue weighted by atomic mass is 9.61. The Balaban J connectivity index is 1.59. The van der Waals surface area contributed by atoms with Gasteiger partial charge in [0.2, 0.25) is 5.28 Å². The SMILES string of the molecule is COC(=O)C1C2CCC(CC2)C1Nc1nc(Cl)nc2ccn(-c3ccccc3)c12. The van der Waals surface area contributed by atoms with E-state index in [1.165, 1.54) is 7.11 Å². The average molecular weight is 411 g/mol. The highest BCUT2D eigenvalue weighted by Crippen LogP contribution is 2.47. The van der Waals surface area contributed by atoms with Crippen LogP contribution in [0.25, 0.3) is 16.7 Å². The van der Waals surface area contributed by atoms with Crippen molar-refractivity contribution in [1.82, 2.24) is 14.5 Å². The van der Waals surface area contributed by atoms with E-state index in [0.717, 1.165) is 42.4 Å². The molecule has 0 radical (unpaired) electrons. The van der Waals surface area contributed by atoms with Gasteiger partial charge in [-0.05, 0) is 67.3 Å². The summed E-state index contributed by atoms with van der Waals surface area (Å²) in [7, 11) is 1.47. The molecule has 3 aromatic rings. The molecule has 1 N–H and O–H groups in total. The lowest BCUT2D eigenvalue weighted by Crippen LogP contribution is -2.51. The van der Waals surface area contributed by atoms with E-state index < -0.39 is 0 Å². The summed E-state index contributed by atoms with van der Waals surface area (Å²) < 4.78 is 7.21. The number of aromatic nitrogens is 3. The van der Waals surface area contributed by atoms with Gasteiger partial charge in [-0.2, -0.15) is 4.98 Å². The van der Waals surface area contributed by atoms with E-state index in [2.05, 4.69) is 19.9 Å². The van der Waals surface area contributed by atoms with Gasteiger partial charge in [0, 0.05) is 17.9 Å². The topological polar surface area (TPSA) is 69.0 Å². The quantitative estimate of drug-likeness (QED) is 0.507. The summed E-state index contributed by atoms with van der Waals surface area (Å²) in [5, 5.41) is 3.80. The summed E-state index contributed by atoms with van der Waals surface area (Å²) in [6.45, 7) is 0. The highest BCUT2D eigenvalue weighted by molar-refractivity contribution is 6.28. The molecule has 150 valence electrons.